The molecule has 0 unspecified atom stereocenters. The molecule has 0 spiro atoms. The van der Waals surface area contributed by atoms with Crippen LogP contribution in [-0.2, 0) is 24.1 Å². The molecule has 0 saturated carbocycles. The Hall–Kier alpha value is -4.04. The summed E-state index contributed by atoms with van der Waals surface area (Å²) < 4.78 is 12.6. The fraction of sp³-hybridized carbons (Fsp3) is 0.267. The van der Waals surface area contributed by atoms with E-state index < -0.39 is 5.97 Å². The minimum absolute atomic E-state index is 0.208. The van der Waals surface area contributed by atoms with Crippen LogP contribution >= 0.6 is 11.3 Å². The maximum absolute atomic E-state index is 14.1. The van der Waals surface area contributed by atoms with E-state index in [-0.39, 0.29) is 12.1 Å². The number of hydrogen-bond donors (Lipinski definition) is 1. The molecule has 2 aromatic heterocycles. The molecule has 2 aliphatic rings. The van der Waals surface area contributed by atoms with Gasteiger partial charge in [0.15, 0.2) is 0 Å². The molecule has 1 aliphatic carbocycles. The van der Waals surface area contributed by atoms with Crippen molar-refractivity contribution in [1.82, 2.24) is 9.47 Å². The maximum atomic E-state index is 14.1. The third-order valence-electron chi connectivity index (χ3n) is 7.41. The fourth-order valence-electron chi connectivity index (χ4n) is 5.55. The van der Waals surface area contributed by atoms with Crippen molar-refractivity contribution in [2.75, 3.05) is 19.5 Å². The summed E-state index contributed by atoms with van der Waals surface area (Å²) in [5, 5.41) is 4.29. The first-order chi connectivity index (χ1) is 18.6. The van der Waals surface area contributed by atoms with Gasteiger partial charge >= 0.3 is 12.0 Å². The van der Waals surface area contributed by atoms with Crippen molar-refractivity contribution < 1.29 is 19.1 Å². The second-order valence-electron chi connectivity index (χ2n) is 9.60. The normalized spacial score (nSPS) is 16.1. The van der Waals surface area contributed by atoms with E-state index in [4.69, 9.17) is 9.47 Å². The van der Waals surface area contributed by atoms with Gasteiger partial charge in [0.05, 0.1) is 38.1 Å². The molecule has 4 aromatic rings. The van der Waals surface area contributed by atoms with Crippen molar-refractivity contribution in [3.05, 3.63) is 99.7 Å². The van der Waals surface area contributed by atoms with Crippen LogP contribution in [0.2, 0.25) is 0 Å². The third-order valence-corrected chi connectivity index (χ3v) is 8.74. The lowest BCUT2D eigenvalue weighted by atomic mass is 9.95. The van der Waals surface area contributed by atoms with Gasteiger partial charge in [0.25, 0.3) is 0 Å². The van der Waals surface area contributed by atoms with Gasteiger partial charge in [-0.3, -0.25) is 0 Å². The lowest BCUT2D eigenvalue weighted by Crippen LogP contribution is -2.38. The average Bonchev–Trinajstić information content (AvgIpc) is 3.54. The first-order valence-electron chi connectivity index (χ1n) is 12.8. The summed E-state index contributed by atoms with van der Waals surface area (Å²) in [6, 6.07) is 18.3. The highest BCUT2D eigenvalue weighted by Gasteiger charge is 2.36. The summed E-state index contributed by atoms with van der Waals surface area (Å²) >= 11 is 1.86. The quantitative estimate of drug-likeness (QED) is 0.314. The van der Waals surface area contributed by atoms with Gasteiger partial charge in [0.1, 0.15) is 10.8 Å². The SMILES string of the molecule is COC(=O)c1ccc(NC(=O)N2Cc3c(sc4c3CCCC4)-n3cccc3[C@H]2c2cccc(OC)c2)cc1. The van der Waals surface area contributed by atoms with Crippen molar-refractivity contribution in [3.8, 4) is 10.8 Å². The highest BCUT2D eigenvalue weighted by atomic mass is 32.1. The highest BCUT2D eigenvalue weighted by Crippen LogP contribution is 2.44. The lowest BCUT2D eigenvalue weighted by molar-refractivity contribution is 0.0600. The minimum atomic E-state index is -0.413. The number of aryl methyl sites for hydroxylation is 1. The molecule has 0 radical (unpaired) electrons. The zero-order valence-corrected chi connectivity index (χ0v) is 22.2. The molecule has 7 nitrogen and oxygen atoms in total. The van der Waals surface area contributed by atoms with E-state index in [2.05, 4.69) is 28.2 Å². The van der Waals surface area contributed by atoms with Gasteiger partial charge in [-0.2, -0.15) is 0 Å². The number of esters is 1. The number of urea groups is 1. The molecule has 6 rings (SSSR count). The predicted octanol–water partition coefficient (Wildman–Crippen LogP) is 6.35. The molecule has 2 aromatic carbocycles. The van der Waals surface area contributed by atoms with Gasteiger partial charge in [0, 0.05) is 22.3 Å². The summed E-state index contributed by atoms with van der Waals surface area (Å²) in [5.74, 6) is 0.333. The Balaban J connectivity index is 1.44. The number of benzene rings is 2. The number of fused-ring (bicyclic) bond motifs is 5. The molecule has 3 heterocycles. The molecule has 38 heavy (non-hydrogen) atoms. The second-order valence-corrected chi connectivity index (χ2v) is 10.7. The predicted molar refractivity (Wildman–Crippen MR) is 147 cm³/mol. The second kappa shape index (κ2) is 10.0. The number of aromatic nitrogens is 1. The Morgan fingerprint density at radius 2 is 1.79 bits per heavy atom. The van der Waals surface area contributed by atoms with E-state index in [1.807, 2.05) is 40.5 Å². The number of carbonyl (C=O) groups is 2. The Kier molecular flexibility index (Phi) is 6.41. The van der Waals surface area contributed by atoms with Crippen molar-refractivity contribution in [2.45, 2.75) is 38.3 Å². The van der Waals surface area contributed by atoms with Crippen LogP contribution < -0.4 is 10.1 Å². The molecule has 8 heteroatoms. The third kappa shape index (κ3) is 4.24. The van der Waals surface area contributed by atoms with E-state index in [0.29, 0.717) is 17.8 Å². The zero-order chi connectivity index (χ0) is 26.2. The summed E-state index contributed by atoms with van der Waals surface area (Å²) in [6.07, 6.45) is 6.64. The topological polar surface area (TPSA) is 72.8 Å². The summed E-state index contributed by atoms with van der Waals surface area (Å²) in [7, 11) is 3.00. The molecule has 1 N–H and O–H groups in total. The molecule has 0 saturated heterocycles. The van der Waals surface area contributed by atoms with Crippen LogP contribution in [0.5, 0.6) is 5.75 Å². The molecule has 1 aliphatic heterocycles. The number of methoxy groups -OCH3 is 2. The van der Waals surface area contributed by atoms with Crippen LogP contribution in [0.25, 0.3) is 5.00 Å². The molecule has 194 valence electrons. The smallest absolute Gasteiger partial charge is 0.337 e. The molecule has 2 amide bonds. The van der Waals surface area contributed by atoms with Crippen molar-refractivity contribution in [2.24, 2.45) is 0 Å². The minimum Gasteiger partial charge on any atom is -0.497 e. The molecular formula is C30H29N3O4S. The monoisotopic (exact) mass is 527 g/mol. The Labute approximate surface area is 225 Å². The first-order valence-corrected chi connectivity index (χ1v) is 13.6. The van der Waals surface area contributed by atoms with E-state index >= 15 is 0 Å². The van der Waals surface area contributed by atoms with E-state index in [0.717, 1.165) is 29.8 Å². The van der Waals surface area contributed by atoms with Gasteiger partial charge in [-0.25, -0.2) is 9.59 Å². The molecule has 0 bridgehead atoms. The maximum Gasteiger partial charge on any atom is 0.337 e. The zero-order valence-electron chi connectivity index (χ0n) is 21.4. The van der Waals surface area contributed by atoms with Crippen molar-refractivity contribution >= 4 is 29.0 Å². The van der Waals surface area contributed by atoms with Gasteiger partial charge in [0.2, 0.25) is 0 Å². The molecular weight excluding hydrogens is 498 g/mol. The van der Waals surface area contributed by atoms with Crippen LogP contribution in [0.3, 0.4) is 0 Å². The number of nitrogens with zero attached hydrogens (tertiary/aromatic N) is 2. The van der Waals surface area contributed by atoms with Gasteiger partial charge < -0.3 is 24.3 Å². The Morgan fingerprint density at radius 1 is 0.974 bits per heavy atom. The van der Waals surface area contributed by atoms with Gasteiger partial charge in [-0.05, 0) is 85.3 Å². The van der Waals surface area contributed by atoms with Crippen LogP contribution in [0.1, 0.15) is 56.5 Å². The van der Waals surface area contributed by atoms with Crippen LogP contribution in [0.4, 0.5) is 10.5 Å². The number of hydrogen-bond acceptors (Lipinski definition) is 5. The van der Waals surface area contributed by atoms with Crippen LogP contribution in [-0.4, -0.2) is 35.7 Å². The average molecular weight is 528 g/mol. The Bertz CT molecular complexity index is 1500. The highest BCUT2D eigenvalue weighted by molar-refractivity contribution is 7.15. The number of anilines is 1. The van der Waals surface area contributed by atoms with Crippen molar-refractivity contribution in [1.29, 1.82) is 0 Å². The Morgan fingerprint density at radius 3 is 2.58 bits per heavy atom. The number of rotatable bonds is 4. The van der Waals surface area contributed by atoms with Gasteiger partial charge in [-0.1, -0.05) is 12.1 Å². The van der Waals surface area contributed by atoms with E-state index in [1.165, 1.54) is 41.0 Å². The standard InChI is InChI=1S/C30H29N3O4S/c1-36-22-8-5-7-20(17-22)27-25-10-6-16-32(25)28-24(23-9-3-4-11-26(23)38-28)18-33(27)30(35)31-21-14-12-19(13-15-21)29(34)37-2/h5-8,10,12-17,27H,3-4,9,11,18H2,1-2H3,(H,31,35)/t27-/m1/s1. The number of thiophene rings is 1. The van der Waals surface area contributed by atoms with Crippen LogP contribution in [0.15, 0.2) is 66.9 Å². The summed E-state index contributed by atoms with van der Waals surface area (Å²) in [4.78, 5) is 29.3. The fourth-order valence-corrected chi connectivity index (χ4v) is 6.96. The largest absolute Gasteiger partial charge is 0.497 e. The molecule has 1 atom stereocenters. The number of ether oxygens (including phenoxy) is 2. The number of nitrogens with one attached hydrogen (secondary N) is 1. The number of carbonyl (C=O) groups excluding carboxylic acids is 2. The van der Waals surface area contributed by atoms with Gasteiger partial charge in [-0.15, -0.1) is 11.3 Å². The van der Waals surface area contributed by atoms with E-state index in [1.54, 1.807) is 31.4 Å². The summed E-state index contributed by atoms with van der Waals surface area (Å²) in [5.41, 5.74) is 5.70. The number of amides is 2. The van der Waals surface area contributed by atoms with Crippen molar-refractivity contribution in [3.63, 3.8) is 0 Å². The summed E-state index contributed by atoms with van der Waals surface area (Å²) in [6.45, 7) is 0.497. The first kappa shape index (κ1) is 24.3. The van der Waals surface area contributed by atoms with E-state index in [9.17, 15) is 9.59 Å². The molecule has 0 fully saturated rings. The van der Waals surface area contributed by atoms with Crippen LogP contribution in [0, 0.1) is 0 Å². The lowest BCUT2D eigenvalue weighted by Gasteiger charge is -2.31.